The lowest BCUT2D eigenvalue weighted by molar-refractivity contribution is -0.125. The molecule has 0 saturated carbocycles. The van der Waals surface area contributed by atoms with Crippen molar-refractivity contribution in [1.82, 2.24) is 14.3 Å². The number of carbonyl (C=O) groups is 2. The average Bonchev–Trinajstić information content (AvgIpc) is 3.05. The van der Waals surface area contributed by atoms with E-state index in [9.17, 15) is 14.7 Å². The van der Waals surface area contributed by atoms with Crippen molar-refractivity contribution in [3.05, 3.63) is 65.1 Å². The number of hydrogen-bond acceptors (Lipinski definition) is 3. The number of nitrogens with zero attached hydrogens (tertiary/aromatic N) is 3. The van der Waals surface area contributed by atoms with Gasteiger partial charge >= 0.3 is 5.97 Å². The zero-order valence-electron chi connectivity index (χ0n) is 15.6. The highest BCUT2D eigenvalue weighted by molar-refractivity contribution is 6.32. The molecule has 1 N–H and O–H groups in total. The van der Waals surface area contributed by atoms with Crippen LogP contribution in [0.4, 0.5) is 0 Å². The molecule has 0 aliphatic carbocycles. The van der Waals surface area contributed by atoms with Crippen molar-refractivity contribution in [1.29, 1.82) is 0 Å². The summed E-state index contributed by atoms with van der Waals surface area (Å²) in [6.07, 6.45) is 4.87. The van der Waals surface area contributed by atoms with E-state index in [4.69, 9.17) is 11.6 Å². The molecule has 0 aliphatic heterocycles. The van der Waals surface area contributed by atoms with Gasteiger partial charge in [-0.2, -0.15) is 0 Å². The van der Waals surface area contributed by atoms with Crippen LogP contribution in [0.3, 0.4) is 0 Å². The summed E-state index contributed by atoms with van der Waals surface area (Å²) in [6.45, 7) is 5.04. The van der Waals surface area contributed by atoms with Crippen molar-refractivity contribution >= 4 is 35.2 Å². The Morgan fingerprint density at radius 1 is 1.18 bits per heavy atom. The molecule has 3 aromatic rings. The van der Waals surface area contributed by atoms with Gasteiger partial charge in [0, 0.05) is 30.9 Å². The number of pyridine rings is 1. The molecule has 2 heterocycles. The summed E-state index contributed by atoms with van der Waals surface area (Å²) < 4.78 is 1.54. The third-order valence-corrected chi connectivity index (χ3v) is 4.84. The minimum absolute atomic E-state index is 0.0185. The highest BCUT2D eigenvalue weighted by atomic mass is 35.5. The number of fused-ring (bicyclic) bond motifs is 1. The number of aromatic carboxylic acids is 1. The number of amides is 1. The third-order valence-electron chi connectivity index (χ3n) is 4.48. The van der Waals surface area contributed by atoms with Gasteiger partial charge in [0.05, 0.1) is 0 Å². The first-order valence-corrected chi connectivity index (χ1v) is 9.31. The molecule has 3 rings (SSSR count). The van der Waals surface area contributed by atoms with E-state index in [2.05, 4.69) is 4.98 Å². The third kappa shape index (κ3) is 3.77. The minimum Gasteiger partial charge on any atom is -0.476 e. The van der Waals surface area contributed by atoms with E-state index < -0.39 is 5.97 Å². The van der Waals surface area contributed by atoms with Crippen molar-refractivity contribution in [3.8, 4) is 11.1 Å². The highest BCUT2D eigenvalue weighted by Gasteiger charge is 2.19. The van der Waals surface area contributed by atoms with Gasteiger partial charge < -0.3 is 10.0 Å². The van der Waals surface area contributed by atoms with Crippen molar-refractivity contribution in [2.24, 2.45) is 0 Å². The van der Waals surface area contributed by atoms with Crippen LogP contribution in [0.15, 0.2) is 48.7 Å². The number of rotatable bonds is 6. The molecule has 6 nitrogen and oxygen atoms in total. The van der Waals surface area contributed by atoms with E-state index in [0.717, 1.165) is 11.1 Å². The Balaban J connectivity index is 2.17. The predicted molar refractivity (Wildman–Crippen MR) is 110 cm³/mol. The number of benzene rings is 1. The lowest BCUT2D eigenvalue weighted by Crippen LogP contribution is -2.28. The van der Waals surface area contributed by atoms with Gasteiger partial charge in [0.15, 0.2) is 5.69 Å². The molecule has 28 heavy (non-hydrogen) atoms. The van der Waals surface area contributed by atoms with E-state index in [1.165, 1.54) is 10.5 Å². The summed E-state index contributed by atoms with van der Waals surface area (Å²) >= 11 is 6.26. The lowest BCUT2D eigenvalue weighted by atomic mass is 10.1. The summed E-state index contributed by atoms with van der Waals surface area (Å²) in [5.41, 5.74) is 2.54. The standard InChI is InChI=1S/C21H20ClN3O3/c1-3-24(4-2)17(26)11-10-15-12-16(14-8-6-5-7-9-14)13-25-19(22)18(21(27)28)23-20(15)25/h5-13H,3-4H2,1-2H3,(H,27,28)/b11-10+. The van der Waals surface area contributed by atoms with Gasteiger partial charge in [-0.15, -0.1) is 0 Å². The second kappa shape index (κ2) is 8.27. The Labute approximate surface area is 167 Å². The Morgan fingerprint density at radius 2 is 1.86 bits per heavy atom. The van der Waals surface area contributed by atoms with Crippen molar-refractivity contribution < 1.29 is 14.7 Å². The Kier molecular flexibility index (Phi) is 5.80. The van der Waals surface area contributed by atoms with E-state index in [1.54, 1.807) is 17.2 Å². The van der Waals surface area contributed by atoms with Crippen molar-refractivity contribution in [2.75, 3.05) is 13.1 Å². The zero-order valence-corrected chi connectivity index (χ0v) is 16.3. The Hall–Kier alpha value is -3.12. The fraction of sp³-hybridized carbons (Fsp3) is 0.190. The van der Waals surface area contributed by atoms with Gasteiger partial charge in [0.1, 0.15) is 10.8 Å². The van der Waals surface area contributed by atoms with Gasteiger partial charge in [0.2, 0.25) is 5.91 Å². The maximum atomic E-state index is 12.3. The quantitative estimate of drug-likeness (QED) is 0.631. The van der Waals surface area contributed by atoms with E-state index in [-0.39, 0.29) is 16.8 Å². The fourth-order valence-electron chi connectivity index (χ4n) is 2.99. The van der Waals surface area contributed by atoms with Crippen LogP contribution < -0.4 is 0 Å². The van der Waals surface area contributed by atoms with Gasteiger partial charge in [-0.3, -0.25) is 9.20 Å². The second-order valence-corrected chi connectivity index (χ2v) is 6.50. The molecule has 0 bridgehead atoms. The normalized spacial score (nSPS) is 11.2. The van der Waals surface area contributed by atoms with Crippen LogP contribution >= 0.6 is 11.6 Å². The van der Waals surface area contributed by atoms with Crippen LogP contribution in [0.5, 0.6) is 0 Å². The Morgan fingerprint density at radius 3 is 2.46 bits per heavy atom. The number of carbonyl (C=O) groups excluding carboxylic acids is 1. The number of imidazole rings is 1. The van der Waals surface area contributed by atoms with Crippen LogP contribution in [-0.4, -0.2) is 44.4 Å². The maximum absolute atomic E-state index is 12.3. The first kappa shape index (κ1) is 19.6. The largest absolute Gasteiger partial charge is 0.476 e. The number of carboxylic acid groups (broad SMARTS) is 1. The van der Waals surface area contributed by atoms with Crippen LogP contribution in [0.2, 0.25) is 5.15 Å². The first-order chi connectivity index (χ1) is 13.5. The van der Waals surface area contributed by atoms with Crippen LogP contribution in [0.1, 0.15) is 29.9 Å². The minimum atomic E-state index is -1.20. The molecule has 0 aliphatic rings. The zero-order chi connectivity index (χ0) is 20.3. The second-order valence-electron chi connectivity index (χ2n) is 6.14. The van der Waals surface area contributed by atoms with Gasteiger partial charge in [0.25, 0.3) is 0 Å². The molecule has 0 saturated heterocycles. The number of likely N-dealkylation sites (N-methyl/N-ethyl adjacent to an activating group) is 1. The smallest absolute Gasteiger partial charge is 0.357 e. The Bertz CT molecular complexity index is 1050. The molecular weight excluding hydrogens is 378 g/mol. The highest BCUT2D eigenvalue weighted by Crippen LogP contribution is 2.28. The molecule has 0 radical (unpaired) electrons. The molecule has 0 fully saturated rings. The van der Waals surface area contributed by atoms with Crippen LogP contribution in [0.25, 0.3) is 22.9 Å². The number of hydrogen-bond donors (Lipinski definition) is 1. The molecule has 0 atom stereocenters. The van der Waals surface area contributed by atoms with Crippen molar-refractivity contribution in [3.63, 3.8) is 0 Å². The van der Waals surface area contributed by atoms with E-state index in [0.29, 0.717) is 24.3 Å². The number of carboxylic acids is 1. The summed E-state index contributed by atoms with van der Waals surface area (Å²) in [7, 11) is 0. The van der Waals surface area contributed by atoms with E-state index >= 15 is 0 Å². The van der Waals surface area contributed by atoms with Gasteiger partial charge in [-0.25, -0.2) is 9.78 Å². The van der Waals surface area contributed by atoms with Gasteiger partial charge in [-0.05, 0) is 37.1 Å². The summed E-state index contributed by atoms with van der Waals surface area (Å²) in [4.78, 5) is 29.6. The summed E-state index contributed by atoms with van der Waals surface area (Å²) in [5, 5.41) is 9.38. The molecular formula is C21H20ClN3O3. The van der Waals surface area contributed by atoms with Gasteiger partial charge in [-0.1, -0.05) is 41.9 Å². The summed E-state index contributed by atoms with van der Waals surface area (Å²) in [5.74, 6) is -1.33. The van der Waals surface area contributed by atoms with Crippen molar-refractivity contribution in [2.45, 2.75) is 13.8 Å². The fourth-order valence-corrected chi connectivity index (χ4v) is 3.24. The van der Waals surface area contributed by atoms with Crippen LogP contribution in [0, 0.1) is 0 Å². The maximum Gasteiger partial charge on any atom is 0.357 e. The molecule has 1 amide bonds. The summed E-state index contributed by atoms with van der Waals surface area (Å²) in [6, 6.07) is 11.5. The molecule has 0 spiro atoms. The molecule has 0 unspecified atom stereocenters. The SMILES string of the molecule is CCN(CC)C(=O)/C=C/c1cc(-c2ccccc2)cn2c(Cl)c(C(=O)O)nc12. The molecule has 1 aromatic carbocycles. The molecule has 7 heteroatoms. The lowest BCUT2D eigenvalue weighted by Gasteiger charge is -2.15. The number of aromatic nitrogens is 2. The molecule has 144 valence electrons. The monoisotopic (exact) mass is 397 g/mol. The average molecular weight is 398 g/mol. The van der Waals surface area contributed by atoms with E-state index in [1.807, 2.05) is 50.2 Å². The number of halogens is 1. The first-order valence-electron chi connectivity index (χ1n) is 8.93. The predicted octanol–water partition coefficient (Wildman–Crippen LogP) is 4.23. The molecule has 2 aromatic heterocycles. The van der Waals surface area contributed by atoms with Crippen LogP contribution in [-0.2, 0) is 4.79 Å². The topological polar surface area (TPSA) is 74.9 Å².